The third-order valence-electron chi connectivity index (χ3n) is 1.35. The molecule has 4 nitrogen and oxygen atoms in total. The SMILES string of the molecule is COCc1ccc(C(=O)C(=O)Cl)o1. The van der Waals surface area contributed by atoms with E-state index in [2.05, 4.69) is 0 Å². The Hall–Kier alpha value is -1.13. The van der Waals surface area contributed by atoms with Crippen LogP contribution in [-0.2, 0) is 16.1 Å². The molecule has 1 rings (SSSR count). The molecule has 0 spiro atoms. The fourth-order valence-electron chi connectivity index (χ4n) is 0.817. The lowest BCUT2D eigenvalue weighted by Crippen LogP contribution is -2.05. The van der Waals surface area contributed by atoms with Crippen molar-refractivity contribution in [3.05, 3.63) is 23.7 Å². The molecule has 0 atom stereocenters. The third kappa shape index (κ3) is 2.40. The monoisotopic (exact) mass is 202 g/mol. The number of carbonyl (C=O) groups is 2. The van der Waals surface area contributed by atoms with Gasteiger partial charge in [-0.1, -0.05) is 0 Å². The van der Waals surface area contributed by atoms with Crippen LogP contribution in [0.25, 0.3) is 0 Å². The number of halogens is 1. The van der Waals surface area contributed by atoms with Crippen molar-refractivity contribution in [3.8, 4) is 0 Å². The van der Waals surface area contributed by atoms with Gasteiger partial charge < -0.3 is 9.15 Å². The van der Waals surface area contributed by atoms with E-state index in [0.29, 0.717) is 5.76 Å². The van der Waals surface area contributed by atoms with Crippen molar-refractivity contribution in [2.45, 2.75) is 6.61 Å². The van der Waals surface area contributed by atoms with Gasteiger partial charge in [0.2, 0.25) is 0 Å². The summed E-state index contributed by atoms with van der Waals surface area (Å²) in [5.74, 6) is -0.431. The number of ketones is 1. The smallest absolute Gasteiger partial charge is 0.296 e. The number of furan rings is 1. The number of hydrogen-bond donors (Lipinski definition) is 0. The number of methoxy groups -OCH3 is 1. The first-order valence-corrected chi connectivity index (χ1v) is 3.84. The van der Waals surface area contributed by atoms with Gasteiger partial charge >= 0.3 is 0 Å². The van der Waals surface area contributed by atoms with Crippen LogP contribution in [0.1, 0.15) is 16.3 Å². The highest BCUT2D eigenvalue weighted by molar-refractivity contribution is 6.82. The highest BCUT2D eigenvalue weighted by Gasteiger charge is 2.17. The topological polar surface area (TPSA) is 56.5 Å². The van der Waals surface area contributed by atoms with Crippen molar-refractivity contribution in [2.75, 3.05) is 7.11 Å². The highest BCUT2D eigenvalue weighted by atomic mass is 35.5. The summed E-state index contributed by atoms with van der Waals surface area (Å²) in [7, 11) is 1.50. The summed E-state index contributed by atoms with van der Waals surface area (Å²) in [5, 5.41) is -1.06. The molecular formula is C8H7ClO4. The standard InChI is InChI=1S/C8H7ClO4/c1-12-4-5-2-3-6(13-5)7(10)8(9)11/h2-3H,4H2,1H3. The molecule has 0 bridgehead atoms. The Morgan fingerprint density at radius 2 is 2.23 bits per heavy atom. The predicted octanol–water partition coefficient (Wildman–Crippen LogP) is 1.37. The molecule has 0 radical (unpaired) electrons. The van der Waals surface area contributed by atoms with E-state index in [9.17, 15) is 9.59 Å². The highest BCUT2D eigenvalue weighted by Crippen LogP contribution is 2.10. The van der Waals surface area contributed by atoms with Crippen LogP contribution in [0.4, 0.5) is 0 Å². The van der Waals surface area contributed by atoms with Gasteiger partial charge in [-0.3, -0.25) is 9.59 Å². The lowest BCUT2D eigenvalue weighted by Gasteiger charge is -1.92. The molecular weight excluding hydrogens is 196 g/mol. The van der Waals surface area contributed by atoms with Gasteiger partial charge in [0.15, 0.2) is 5.76 Å². The van der Waals surface area contributed by atoms with E-state index in [0.717, 1.165) is 0 Å². The second-order valence-corrected chi connectivity index (χ2v) is 2.65. The van der Waals surface area contributed by atoms with Crippen molar-refractivity contribution >= 4 is 22.6 Å². The largest absolute Gasteiger partial charge is 0.455 e. The Labute approximate surface area is 79.4 Å². The van der Waals surface area contributed by atoms with Gasteiger partial charge in [0.25, 0.3) is 11.0 Å². The first kappa shape index (κ1) is 9.95. The van der Waals surface area contributed by atoms with E-state index in [1.165, 1.54) is 13.2 Å². The summed E-state index contributed by atoms with van der Waals surface area (Å²) in [6.07, 6.45) is 0. The molecule has 1 heterocycles. The van der Waals surface area contributed by atoms with Crippen LogP contribution in [0.5, 0.6) is 0 Å². The van der Waals surface area contributed by atoms with Gasteiger partial charge in [-0.25, -0.2) is 0 Å². The normalized spacial score (nSPS) is 10.0. The second-order valence-electron chi connectivity index (χ2n) is 2.30. The van der Waals surface area contributed by atoms with Crippen molar-refractivity contribution in [2.24, 2.45) is 0 Å². The molecule has 0 aromatic carbocycles. The Bertz CT molecular complexity index is 329. The molecule has 0 N–H and O–H groups in total. The summed E-state index contributed by atoms with van der Waals surface area (Å²) >= 11 is 4.97. The zero-order chi connectivity index (χ0) is 9.84. The molecule has 0 saturated carbocycles. The molecule has 0 saturated heterocycles. The molecule has 1 aromatic heterocycles. The Morgan fingerprint density at radius 1 is 1.54 bits per heavy atom. The van der Waals surface area contributed by atoms with E-state index in [4.69, 9.17) is 20.8 Å². The van der Waals surface area contributed by atoms with Crippen molar-refractivity contribution in [1.82, 2.24) is 0 Å². The van der Waals surface area contributed by atoms with Crippen LogP contribution in [0, 0.1) is 0 Å². The number of hydrogen-bond acceptors (Lipinski definition) is 4. The Balaban J connectivity index is 2.79. The van der Waals surface area contributed by atoms with Crippen LogP contribution < -0.4 is 0 Å². The summed E-state index contributed by atoms with van der Waals surface area (Å²) in [5.41, 5.74) is 0. The lowest BCUT2D eigenvalue weighted by molar-refractivity contribution is -0.108. The van der Waals surface area contributed by atoms with Crippen LogP contribution in [0.3, 0.4) is 0 Å². The number of Topliss-reactive ketones (excluding diaryl/α,β-unsaturated/α-hetero) is 1. The maximum absolute atomic E-state index is 10.9. The quantitative estimate of drug-likeness (QED) is 0.420. The molecule has 0 amide bonds. The molecule has 1 aromatic rings. The summed E-state index contributed by atoms with van der Waals surface area (Å²) in [6.45, 7) is 0.254. The number of carbonyl (C=O) groups excluding carboxylic acids is 2. The summed E-state index contributed by atoms with van der Waals surface area (Å²) in [4.78, 5) is 21.4. The van der Waals surface area contributed by atoms with Crippen LogP contribution >= 0.6 is 11.6 Å². The maximum atomic E-state index is 10.9. The Kier molecular flexibility index (Phi) is 3.22. The molecule has 13 heavy (non-hydrogen) atoms. The molecule has 0 fully saturated rings. The van der Waals surface area contributed by atoms with Gasteiger partial charge in [-0.2, -0.15) is 0 Å². The van der Waals surface area contributed by atoms with Crippen molar-refractivity contribution in [1.29, 1.82) is 0 Å². The minimum absolute atomic E-state index is 0.0629. The van der Waals surface area contributed by atoms with Crippen LogP contribution in [-0.4, -0.2) is 18.1 Å². The minimum atomic E-state index is -1.06. The van der Waals surface area contributed by atoms with Crippen molar-refractivity contribution in [3.63, 3.8) is 0 Å². The first-order chi connectivity index (χ1) is 6.15. The molecule has 0 aliphatic rings. The first-order valence-electron chi connectivity index (χ1n) is 3.47. The van der Waals surface area contributed by atoms with Crippen molar-refractivity contribution < 1.29 is 18.7 Å². The summed E-state index contributed by atoms with van der Waals surface area (Å²) < 4.78 is 9.73. The van der Waals surface area contributed by atoms with E-state index in [-0.39, 0.29) is 12.4 Å². The van der Waals surface area contributed by atoms with Gasteiger partial charge in [0.1, 0.15) is 12.4 Å². The maximum Gasteiger partial charge on any atom is 0.296 e. The molecule has 70 valence electrons. The fraction of sp³-hybridized carbons (Fsp3) is 0.250. The van der Waals surface area contributed by atoms with Gasteiger partial charge in [-0.15, -0.1) is 0 Å². The van der Waals surface area contributed by atoms with E-state index >= 15 is 0 Å². The average molecular weight is 203 g/mol. The molecule has 0 aliphatic carbocycles. The van der Waals surface area contributed by atoms with Gasteiger partial charge in [-0.05, 0) is 23.7 Å². The minimum Gasteiger partial charge on any atom is -0.455 e. The van der Waals surface area contributed by atoms with E-state index in [1.54, 1.807) is 6.07 Å². The fourth-order valence-corrected chi connectivity index (χ4v) is 0.910. The van der Waals surface area contributed by atoms with Crippen LogP contribution in [0.2, 0.25) is 0 Å². The average Bonchev–Trinajstić information content (AvgIpc) is 2.52. The van der Waals surface area contributed by atoms with Gasteiger partial charge in [0, 0.05) is 7.11 Å². The zero-order valence-electron chi connectivity index (χ0n) is 6.87. The van der Waals surface area contributed by atoms with Gasteiger partial charge in [0.05, 0.1) is 0 Å². The van der Waals surface area contributed by atoms with E-state index < -0.39 is 11.0 Å². The number of rotatable bonds is 4. The number of ether oxygens (including phenoxy) is 1. The molecule has 5 heteroatoms. The zero-order valence-corrected chi connectivity index (χ0v) is 7.63. The lowest BCUT2D eigenvalue weighted by atomic mass is 10.3. The Morgan fingerprint density at radius 3 is 2.77 bits per heavy atom. The molecule has 0 unspecified atom stereocenters. The third-order valence-corrected chi connectivity index (χ3v) is 1.52. The molecule has 0 aliphatic heterocycles. The predicted molar refractivity (Wildman–Crippen MR) is 44.6 cm³/mol. The second kappa shape index (κ2) is 4.20. The van der Waals surface area contributed by atoms with E-state index in [1.807, 2.05) is 0 Å². The van der Waals surface area contributed by atoms with Crippen LogP contribution in [0.15, 0.2) is 16.5 Å². The summed E-state index contributed by atoms with van der Waals surface area (Å²) in [6, 6.07) is 2.94.